The van der Waals surface area contributed by atoms with Gasteiger partial charge in [-0.1, -0.05) is 20.3 Å². The van der Waals surface area contributed by atoms with Gasteiger partial charge in [0.15, 0.2) is 0 Å². The number of rotatable bonds is 0. The number of benzene rings is 1. The minimum atomic E-state index is -0.358. The van der Waals surface area contributed by atoms with Crippen molar-refractivity contribution in [3.05, 3.63) is 35.2 Å². The van der Waals surface area contributed by atoms with Crippen LogP contribution in [-0.4, -0.2) is 20.6 Å². The molecular formula is C11H14AsClFN. The van der Waals surface area contributed by atoms with E-state index in [0.29, 0.717) is 0 Å². The fourth-order valence-electron chi connectivity index (χ4n) is 1.15. The molecule has 0 fully saturated rings. The van der Waals surface area contributed by atoms with E-state index in [9.17, 15) is 4.39 Å². The van der Waals surface area contributed by atoms with Crippen LogP contribution in [0.1, 0.15) is 20.3 Å². The SMILES string of the molecule is CCC.Fc1cc2ccn([AsH2])c2cc1Cl. The summed E-state index contributed by atoms with van der Waals surface area (Å²) in [5, 5.41) is 1.07. The molecule has 1 aromatic carbocycles. The molecule has 1 unspecified atom stereocenters. The zero-order chi connectivity index (χ0) is 11.4. The van der Waals surface area contributed by atoms with Crippen molar-refractivity contribution >= 4 is 39.6 Å². The van der Waals surface area contributed by atoms with E-state index in [1.807, 2.05) is 15.7 Å². The minimum absolute atomic E-state index is 0.181. The van der Waals surface area contributed by atoms with Gasteiger partial charge in [0.05, 0.1) is 0 Å². The summed E-state index contributed by atoms with van der Waals surface area (Å²) in [4.78, 5) is 0. The first-order valence-corrected chi connectivity index (χ1v) is 6.27. The van der Waals surface area contributed by atoms with Crippen LogP contribution in [0.4, 0.5) is 4.39 Å². The third-order valence-electron chi connectivity index (χ3n) is 1.76. The molecule has 4 heteroatoms. The first-order valence-electron chi connectivity index (χ1n) is 4.81. The summed E-state index contributed by atoms with van der Waals surface area (Å²) in [6.45, 7) is 4.25. The summed E-state index contributed by atoms with van der Waals surface area (Å²) < 4.78 is 14.9. The standard InChI is InChI=1S/C8H6AsClFN.C3H8/c9-12-2-1-5-3-7(11)6(10)4-8(5)12;1-3-2/h1-4H,9H2;3H2,1-2H3. The Morgan fingerprint density at radius 1 is 1.40 bits per heavy atom. The van der Waals surface area contributed by atoms with E-state index >= 15 is 0 Å². The van der Waals surface area contributed by atoms with Gasteiger partial charge in [0.2, 0.25) is 0 Å². The molecule has 1 atom stereocenters. The molecule has 1 nitrogen and oxygen atoms in total. The number of nitrogens with zero attached hydrogens (tertiary/aromatic N) is 1. The van der Waals surface area contributed by atoms with Crippen LogP contribution in [0.3, 0.4) is 0 Å². The number of hydrogen-bond donors (Lipinski definition) is 0. The van der Waals surface area contributed by atoms with Crippen molar-refractivity contribution in [2.75, 3.05) is 0 Å². The summed E-state index contributed by atoms with van der Waals surface area (Å²) in [6, 6.07) is 4.97. The Kier molecular flexibility index (Phi) is 4.69. The van der Waals surface area contributed by atoms with Crippen LogP contribution >= 0.6 is 11.6 Å². The molecule has 0 bridgehead atoms. The van der Waals surface area contributed by atoms with Crippen molar-refractivity contribution in [2.45, 2.75) is 20.3 Å². The third kappa shape index (κ3) is 2.99. The molecular weight excluding hydrogens is 276 g/mol. The van der Waals surface area contributed by atoms with E-state index < -0.39 is 0 Å². The van der Waals surface area contributed by atoms with Crippen molar-refractivity contribution < 1.29 is 4.39 Å². The van der Waals surface area contributed by atoms with E-state index in [0.717, 1.165) is 10.9 Å². The molecule has 2 aromatic rings. The number of aromatic nitrogens is 1. The van der Waals surface area contributed by atoms with Gasteiger partial charge < -0.3 is 0 Å². The molecule has 1 heterocycles. The maximum absolute atomic E-state index is 12.9. The van der Waals surface area contributed by atoms with E-state index in [1.165, 1.54) is 29.6 Å². The number of hydrogen-bond acceptors (Lipinski definition) is 0. The normalized spacial score (nSPS) is 9.93. The van der Waals surface area contributed by atoms with Crippen molar-refractivity contribution in [3.63, 3.8) is 0 Å². The molecule has 0 aliphatic rings. The van der Waals surface area contributed by atoms with E-state index in [4.69, 9.17) is 11.6 Å². The molecule has 82 valence electrons. The molecule has 1 aromatic heterocycles. The Bertz CT molecular complexity index is 453. The monoisotopic (exact) mass is 289 g/mol. The van der Waals surface area contributed by atoms with Gasteiger partial charge in [-0.15, -0.1) is 0 Å². The number of halogens is 2. The summed E-state index contributed by atoms with van der Waals surface area (Å²) in [6.07, 6.45) is 3.15. The van der Waals surface area contributed by atoms with Crippen LogP contribution in [0, 0.1) is 5.82 Å². The molecule has 15 heavy (non-hydrogen) atoms. The van der Waals surface area contributed by atoms with Gasteiger partial charge in [-0.2, -0.15) is 0 Å². The van der Waals surface area contributed by atoms with Crippen LogP contribution < -0.4 is 0 Å². The van der Waals surface area contributed by atoms with Crippen LogP contribution in [-0.2, 0) is 0 Å². The quantitative estimate of drug-likeness (QED) is 0.656. The van der Waals surface area contributed by atoms with Gasteiger partial charge in [0.25, 0.3) is 0 Å². The Balaban J connectivity index is 0.000000337. The van der Waals surface area contributed by atoms with Gasteiger partial charge in [-0.25, -0.2) is 0 Å². The Hall–Kier alpha value is -0.462. The predicted octanol–water partition coefficient (Wildman–Crippen LogP) is 3.25. The average molecular weight is 290 g/mol. The number of fused-ring (bicyclic) bond motifs is 1. The average Bonchev–Trinajstić information content (AvgIpc) is 2.51. The van der Waals surface area contributed by atoms with Gasteiger partial charge in [-0.05, 0) is 0 Å². The summed E-state index contributed by atoms with van der Waals surface area (Å²) >= 11 is 7.08. The Labute approximate surface area is 103 Å². The topological polar surface area (TPSA) is 4.93 Å². The van der Waals surface area contributed by atoms with Gasteiger partial charge >= 0.3 is 82.7 Å². The molecule has 0 aliphatic heterocycles. The van der Waals surface area contributed by atoms with Crippen molar-refractivity contribution in [1.29, 1.82) is 0 Å². The Morgan fingerprint density at radius 3 is 2.60 bits per heavy atom. The summed E-state index contributed by atoms with van der Waals surface area (Å²) in [5.41, 5.74) is 0.974. The van der Waals surface area contributed by atoms with E-state index in [2.05, 4.69) is 13.8 Å². The molecule has 0 radical (unpaired) electrons. The van der Waals surface area contributed by atoms with E-state index in [-0.39, 0.29) is 10.8 Å². The molecule has 0 spiro atoms. The second-order valence-electron chi connectivity index (χ2n) is 3.26. The van der Waals surface area contributed by atoms with Crippen LogP contribution in [0.25, 0.3) is 10.9 Å². The van der Waals surface area contributed by atoms with Crippen LogP contribution in [0.5, 0.6) is 0 Å². The molecule has 2 rings (SSSR count). The second-order valence-corrected chi connectivity index (χ2v) is 4.83. The fraction of sp³-hybridized carbons (Fsp3) is 0.273. The van der Waals surface area contributed by atoms with Crippen molar-refractivity contribution in [3.8, 4) is 0 Å². The van der Waals surface area contributed by atoms with Crippen LogP contribution in [0.15, 0.2) is 24.4 Å². The summed E-state index contributed by atoms with van der Waals surface area (Å²) in [5.74, 6) is -0.358. The third-order valence-corrected chi connectivity index (χ3v) is 3.00. The Morgan fingerprint density at radius 2 is 2.00 bits per heavy atom. The molecule has 0 aliphatic carbocycles. The predicted molar refractivity (Wildman–Crippen MR) is 66.8 cm³/mol. The molecule has 0 N–H and O–H groups in total. The molecule has 0 saturated carbocycles. The zero-order valence-corrected chi connectivity index (χ0v) is 12.0. The fourth-order valence-corrected chi connectivity index (χ4v) is 1.96. The van der Waals surface area contributed by atoms with Gasteiger partial charge in [-0.3, -0.25) is 0 Å². The van der Waals surface area contributed by atoms with Gasteiger partial charge in [0.1, 0.15) is 0 Å². The summed E-state index contributed by atoms with van der Waals surface area (Å²) in [7, 11) is 0. The zero-order valence-electron chi connectivity index (χ0n) is 8.80. The van der Waals surface area contributed by atoms with Crippen molar-refractivity contribution in [1.82, 2.24) is 3.48 Å². The van der Waals surface area contributed by atoms with Crippen LogP contribution in [0.2, 0.25) is 5.02 Å². The van der Waals surface area contributed by atoms with E-state index in [1.54, 1.807) is 6.07 Å². The first-order chi connectivity index (χ1) is 7.10. The van der Waals surface area contributed by atoms with Gasteiger partial charge in [0, 0.05) is 0 Å². The first kappa shape index (κ1) is 12.6. The molecule has 0 amide bonds. The van der Waals surface area contributed by atoms with Crippen molar-refractivity contribution in [2.24, 2.45) is 0 Å². The second kappa shape index (κ2) is 5.58. The maximum atomic E-state index is 12.9. The molecule has 0 saturated heterocycles.